The van der Waals surface area contributed by atoms with E-state index in [1.165, 1.54) is 31.7 Å². The second kappa shape index (κ2) is 7.12. The van der Waals surface area contributed by atoms with Crippen LogP contribution in [0.3, 0.4) is 0 Å². The van der Waals surface area contributed by atoms with E-state index in [0.29, 0.717) is 11.1 Å². The van der Waals surface area contributed by atoms with Gasteiger partial charge in [-0.15, -0.1) is 0 Å². The fourth-order valence-corrected chi connectivity index (χ4v) is 1.76. The van der Waals surface area contributed by atoms with Crippen molar-refractivity contribution in [2.75, 3.05) is 7.11 Å². The number of carbonyl (C=O) groups is 1. The van der Waals surface area contributed by atoms with Crippen LogP contribution >= 0.6 is 0 Å². The molecule has 0 aliphatic rings. The fraction of sp³-hybridized carbons (Fsp3) is 0.133. The number of hydrogen-bond donors (Lipinski definition) is 1. The Morgan fingerprint density at radius 3 is 2.78 bits per heavy atom. The zero-order chi connectivity index (χ0) is 16.8. The van der Waals surface area contributed by atoms with Gasteiger partial charge in [0.25, 0.3) is 5.91 Å². The van der Waals surface area contributed by atoms with Gasteiger partial charge in [0.1, 0.15) is 0 Å². The van der Waals surface area contributed by atoms with Gasteiger partial charge in [0, 0.05) is 23.5 Å². The number of methoxy groups -OCH3 is 1. The van der Waals surface area contributed by atoms with Crippen LogP contribution < -0.4 is 10.2 Å². The van der Waals surface area contributed by atoms with Crippen molar-refractivity contribution in [3.05, 3.63) is 63.5 Å². The van der Waals surface area contributed by atoms with E-state index in [-0.39, 0.29) is 11.4 Å². The molecule has 0 spiro atoms. The molecule has 1 aromatic heterocycles. The Labute approximate surface area is 132 Å². The lowest BCUT2D eigenvalue weighted by Gasteiger charge is -2.02. The molecule has 0 saturated carbocycles. The Balaban J connectivity index is 2.08. The zero-order valence-electron chi connectivity index (χ0n) is 12.5. The number of benzene rings is 1. The average Bonchev–Trinajstić information content (AvgIpc) is 2.55. The summed E-state index contributed by atoms with van der Waals surface area (Å²) in [5.74, 6) is -0.265. The first-order valence-corrected chi connectivity index (χ1v) is 6.59. The minimum Gasteiger partial charge on any atom is -0.490 e. The van der Waals surface area contributed by atoms with Crippen molar-refractivity contribution in [1.82, 2.24) is 10.4 Å². The molecule has 23 heavy (non-hydrogen) atoms. The van der Waals surface area contributed by atoms with E-state index in [0.717, 1.165) is 5.69 Å². The molecule has 118 valence electrons. The highest BCUT2D eigenvalue weighted by atomic mass is 16.6. The highest BCUT2D eigenvalue weighted by Crippen LogP contribution is 2.26. The van der Waals surface area contributed by atoms with Crippen LogP contribution in [0.1, 0.15) is 21.6 Å². The maximum absolute atomic E-state index is 11.8. The second-order valence-corrected chi connectivity index (χ2v) is 4.58. The van der Waals surface area contributed by atoms with E-state index in [4.69, 9.17) is 4.74 Å². The molecule has 0 unspecified atom stereocenters. The number of aryl methyl sites for hydroxylation is 1. The number of nitrogens with one attached hydrogen (secondary N) is 1. The van der Waals surface area contributed by atoms with Crippen LogP contribution in [0.15, 0.2) is 41.6 Å². The topological polar surface area (TPSA) is 107 Å². The minimum absolute atomic E-state index is 0.155. The molecular weight excluding hydrogens is 300 g/mol. The van der Waals surface area contributed by atoms with Gasteiger partial charge in [0.2, 0.25) is 0 Å². The quantitative estimate of drug-likeness (QED) is 0.516. The Kier molecular flexibility index (Phi) is 4.98. The molecule has 8 heteroatoms. The highest BCUT2D eigenvalue weighted by molar-refractivity contribution is 5.94. The predicted octanol–water partition coefficient (Wildman–Crippen LogP) is 2.07. The first kappa shape index (κ1) is 16.1. The van der Waals surface area contributed by atoms with Crippen molar-refractivity contribution in [1.29, 1.82) is 0 Å². The molecule has 8 nitrogen and oxygen atoms in total. The summed E-state index contributed by atoms with van der Waals surface area (Å²) >= 11 is 0. The van der Waals surface area contributed by atoms with E-state index in [9.17, 15) is 14.9 Å². The maximum atomic E-state index is 11.8. The molecule has 0 aliphatic heterocycles. The van der Waals surface area contributed by atoms with Crippen molar-refractivity contribution in [2.24, 2.45) is 5.10 Å². The molecule has 0 atom stereocenters. The minimum atomic E-state index is -0.549. The van der Waals surface area contributed by atoms with Crippen LogP contribution in [-0.2, 0) is 0 Å². The van der Waals surface area contributed by atoms with Gasteiger partial charge >= 0.3 is 5.69 Å². The largest absolute Gasteiger partial charge is 0.490 e. The van der Waals surface area contributed by atoms with Gasteiger partial charge in [0.05, 0.1) is 23.8 Å². The summed E-state index contributed by atoms with van der Waals surface area (Å²) in [4.78, 5) is 26.2. The lowest BCUT2D eigenvalue weighted by Crippen LogP contribution is -2.17. The van der Waals surface area contributed by atoms with Crippen molar-refractivity contribution in [3.63, 3.8) is 0 Å². The fourth-order valence-electron chi connectivity index (χ4n) is 1.76. The van der Waals surface area contributed by atoms with E-state index in [2.05, 4.69) is 15.5 Å². The molecule has 1 aromatic carbocycles. The number of rotatable bonds is 5. The van der Waals surface area contributed by atoms with Crippen LogP contribution in [0.25, 0.3) is 0 Å². The van der Waals surface area contributed by atoms with Crippen LogP contribution in [0.5, 0.6) is 5.75 Å². The number of ether oxygens (including phenoxy) is 1. The van der Waals surface area contributed by atoms with Crippen molar-refractivity contribution in [3.8, 4) is 5.75 Å². The highest BCUT2D eigenvalue weighted by Gasteiger charge is 2.14. The van der Waals surface area contributed by atoms with E-state index < -0.39 is 10.8 Å². The summed E-state index contributed by atoms with van der Waals surface area (Å²) in [6, 6.07) is 7.71. The second-order valence-electron chi connectivity index (χ2n) is 4.58. The van der Waals surface area contributed by atoms with Crippen molar-refractivity contribution < 1.29 is 14.5 Å². The Morgan fingerprint density at radius 2 is 2.17 bits per heavy atom. The van der Waals surface area contributed by atoms with Crippen LogP contribution in [0, 0.1) is 17.0 Å². The molecule has 2 rings (SSSR count). The monoisotopic (exact) mass is 314 g/mol. The molecule has 1 heterocycles. The van der Waals surface area contributed by atoms with Crippen molar-refractivity contribution in [2.45, 2.75) is 6.92 Å². The third-order valence-electron chi connectivity index (χ3n) is 2.95. The standard InChI is InChI=1S/C15H14N4O4/c1-10-3-5-12(9-16-10)15(20)18-17-8-11-4-6-14(23-2)13(7-11)19(21)22/h3-9H,1-2H3,(H,18,20)/b17-8+. The number of hydrazone groups is 1. The Morgan fingerprint density at radius 1 is 1.39 bits per heavy atom. The lowest BCUT2D eigenvalue weighted by atomic mass is 10.2. The number of hydrogen-bond acceptors (Lipinski definition) is 6. The number of nitro groups is 1. The summed E-state index contributed by atoms with van der Waals surface area (Å²) in [5, 5.41) is 14.7. The molecule has 0 saturated heterocycles. The first-order valence-electron chi connectivity index (χ1n) is 6.59. The predicted molar refractivity (Wildman–Crippen MR) is 83.7 cm³/mol. The smallest absolute Gasteiger partial charge is 0.311 e. The van der Waals surface area contributed by atoms with Gasteiger partial charge in [-0.1, -0.05) is 0 Å². The number of pyridine rings is 1. The third kappa shape index (κ3) is 4.10. The molecule has 1 amide bonds. The van der Waals surface area contributed by atoms with Gasteiger partial charge in [-0.3, -0.25) is 19.9 Å². The van der Waals surface area contributed by atoms with Gasteiger partial charge in [-0.2, -0.15) is 5.10 Å². The molecule has 0 bridgehead atoms. The average molecular weight is 314 g/mol. The van der Waals surface area contributed by atoms with Crippen LogP contribution in [0.2, 0.25) is 0 Å². The Bertz CT molecular complexity index is 757. The molecule has 1 N–H and O–H groups in total. The molecule has 2 aromatic rings. The number of nitro benzene ring substituents is 1. The molecular formula is C15H14N4O4. The van der Waals surface area contributed by atoms with Gasteiger partial charge in [0.15, 0.2) is 5.75 Å². The number of nitrogens with zero attached hydrogens (tertiary/aromatic N) is 3. The van der Waals surface area contributed by atoms with Gasteiger partial charge in [-0.25, -0.2) is 5.43 Å². The van der Waals surface area contributed by atoms with Crippen LogP contribution in [0.4, 0.5) is 5.69 Å². The maximum Gasteiger partial charge on any atom is 0.311 e. The molecule has 0 radical (unpaired) electrons. The normalized spacial score (nSPS) is 10.5. The lowest BCUT2D eigenvalue weighted by molar-refractivity contribution is -0.385. The van der Waals surface area contributed by atoms with E-state index in [1.807, 2.05) is 6.92 Å². The number of aromatic nitrogens is 1. The van der Waals surface area contributed by atoms with Gasteiger partial charge < -0.3 is 4.74 Å². The number of carbonyl (C=O) groups excluding carboxylic acids is 1. The number of amides is 1. The van der Waals surface area contributed by atoms with E-state index >= 15 is 0 Å². The summed E-state index contributed by atoms with van der Waals surface area (Å²) < 4.78 is 4.91. The Hall–Kier alpha value is -3.29. The zero-order valence-corrected chi connectivity index (χ0v) is 12.5. The summed E-state index contributed by atoms with van der Waals surface area (Å²) in [5.41, 5.74) is 3.79. The molecule has 0 aliphatic carbocycles. The summed E-state index contributed by atoms with van der Waals surface area (Å²) in [6.07, 6.45) is 2.75. The summed E-state index contributed by atoms with van der Waals surface area (Å²) in [7, 11) is 1.35. The van der Waals surface area contributed by atoms with Crippen molar-refractivity contribution >= 4 is 17.8 Å². The summed E-state index contributed by atoms with van der Waals surface area (Å²) in [6.45, 7) is 1.82. The van der Waals surface area contributed by atoms with E-state index in [1.54, 1.807) is 18.2 Å². The van der Waals surface area contributed by atoms with Gasteiger partial charge in [-0.05, 0) is 31.2 Å². The van der Waals surface area contributed by atoms with Crippen LogP contribution in [-0.4, -0.2) is 29.1 Å². The first-order chi connectivity index (χ1) is 11.0. The third-order valence-corrected chi connectivity index (χ3v) is 2.95. The molecule has 0 fully saturated rings. The SMILES string of the molecule is COc1ccc(/C=N/NC(=O)c2ccc(C)nc2)cc1[N+](=O)[O-].